The van der Waals surface area contributed by atoms with Gasteiger partial charge in [-0.25, -0.2) is 0 Å². The van der Waals surface area contributed by atoms with Gasteiger partial charge in [-0.3, -0.25) is 19.3 Å². The number of nitrogens with one attached hydrogen (secondary N) is 1. The molecule has 0 atom stereocenters. The minimum atomic E-state index is -0.338. The first-order valence-corrected chi connectivity index (χ1v) is 8.34. The fourth-order valence-corrected chi connectivity index (χ4v) is 2.18. The van der Waals surface area contributed by atoms with Crippen LogP contribution in [-0.2, 0) is 27.4 Å². The first-order valence-electron chi connectivity index (χ1n) is 8.34. The van der Waals surface area contributed by atoms with Crippen LogP contribution in [0.1, 0.15) is 47.1 Å². The lowest BCUT2D eigenvalue weighted by Gasteiger charge is -2.25. The summed E-state index contributed by atoms with van der Waals surface area (Å²) in [4.78, 5) is 22.0. The van der Waals surface area contributed by atoms with Crippen molar-refractivity contribution in [2.24, 2.45) is 10.3 Å². The smallest absolute Gasteiger partial charge is 0.302 e. The maximum atomic E-state index is 11.2. The van der Waals surface area contributed by atoms with Crippen molar-refractivity contribution in [2.75, 3.05) is 6.61 Å². The van der Waals surface area contributed by atoms with E-state index in [9.17, 15) is 9.59 Å². The molecule has 0 aliphatic heterocycles. The molecule has 0 fully saturated rings. The Balaban J connectivity index is 2.94. The Hall–Kier alpha value is -2.45. The van der Waals surface area contributed by atoms with Gasteiger partial charge in [0.15, 0.2) is 0 Å². The lowest BCUT2D eigenvalue weighted by atomic mass is 10.3. The number of ether oxygens (including phenoxy) is 1. The SMILES string of the molecule is CC(=O)NCc1cn(CCOC(C)=O)nc1N=NN(C(C)C)C(C)C. The molecular weight excluding hydrogens is 324 g/mol. The molecule has 0 aliphatic carbocycles. The summed E-state index contributed by atoms with van der Waals surface area (Å²) in [6, 6.07) is 0.405. The molecule has 1 heterocycles. The zero-order chi connectivity index (χ0) is 19.0. The summed E-state index contributed by atoms with van der Waals surface area (Å²) in [5, 5.41) is 17.5. The fourth-order valence-electron chi connectivity index (χ4n) is 2.18. The van der Waals surface area contributed by atoms with E-state index < -0.39 is 0 Å². The lowest BCUT2D eigenvalue weighted by molar-refractivity contribution is -0.141. The zero-order valence-corrected chi connectivity index (χ0v) is 15.8. The molecule has 1 amide bonds. The van der Waals surface area contributed by atoms with Gasteiger partial charge in [0.05, 0.1) is 6.54 Å². The van der Waals surface area contributed by atoms with E-state index in [4.69, 9.17) is 4.74 Å². The number of nitrogens with zero attached hydrogens (tertiary/aromatic N) is 5. The van der Waals surface area contributed by atoms with Gasteiger partial charge in [0.1, 0.15) is 6.61 Å². The van der Waals surface area contributed by atoms with Crippen molar-refractivity contribution in [1.29, 1.82) is 0 Å². The molecule has 1 aromatic heterocycles. The van der Waals surface area contributed by atoms with E-state index in [-0.39, 0.29) is 30.6 Å². The number of hydrogen-bond acceptors (Lipinski definition) is 6. The highest BCUT2D eigenvalue weighted by atomic mass is 16.5. The third-order valence-electron chi connectivity index (χ3n) is 3.27. The van der Waals surface area contributed by atoms with Crippen molar-refractivity contribution in [3.05, 3.63) is 11.8 Å². The van der Waals surface area contributed by atoms with E-state index in [0.717, 1.165) is 5.56 Å². The Morgan fingerprint density at radius 1 is 1.28 bits per heavy atom. The normalized spacial score (nSPS) is 11.4. The number of esters is 1. The molecule has 0 aliphatic rings. The number of carbonyl (C=O) groups is 2. The van der Waals surface area contributed by atoms with E-state index in [2.05, 4.69) is 20.8 Å². The fraction of sp³-hybridized carbons (Fsp3) is 0.688. The molecule has 9 heteroatoms. The van der Waals surface area contributed by atoms with Crippen molar-refractivity contribution in [3.63, 3.8) is 0 Å². The summed E-state index contributed by atoms with van der Waals surface area (Å²) in [6.45, 7) is 11.9. The molecule has 1 aromatic rings. The molecule has 9 nitrogen and oxygen atoms in total. The summed E-state index contributed by atoms with van der Waals surface area (Å²) in [5.74, 6) is -0.0422. The summed E-state index contributed by atoms with van der Waals surface area (Å²) >= 11 is 0. The van der Waals surface area contributed by atoms with Gasteiger partial charge in [-0.1, -0.05) is 5.22 Å². The number of hydrogen-bond donors (Lipinski definition) is 1. The summed E-state index contributed by atoms with van der Waals surface area (Å²) in [5.41, 5.74) is 0.745. The first-order chi connectivity index (χ1) is 11.7. The number of carbonyl (C=O) groups excluding carboxylic acids is 2. The van der Waals surface area contributed by atoms with Crippen molar-refractivity contribution in [1.82, 2.24) is 20.1 Å². The van der Waals surface area contributed by atoms with Gasteiger partial charge in [-0.05, 0) is 27.7 Å². The average Bonchev–Trinajstić information content (AvgIpc) is 2.86. The molecular formula is C16H28N6O3. The summed E-state index contributed by atoms with van der Waals surface area (Å²) < 4.78 is 6.55. The molecule has 25 heavy (non-hydrogen) atoms. The Labute approximate surface area is 148 Å². The molecule has 0 saturated carbocycles. The topological polar surface area (TPSA) is 101 Å². The molecule has 0 aromatic carbocycles. The molecule has 0 saturated heterocycles. The van der Waals surface area contributed by atoms with E-state index in [1.165, 1.54) is 13.8 Å². The largest absolute Gasteiger partial charge is 0.464 e. The quantitative estimate of drug-likeness (QED) is 0.417. The maximum absolute atomic E-state index is 11.2. The molecule has 0 bridgehead atoms. The van der Waals surface area contributed by atoms with Crippen LogP contribution in [0, 0.1) is 0 Å². The highest BCUT2D eigenvalue weighted by Crippen LogP contribution is 2.19. The van der Waals surface area contributed by atoms with E-state index in [0.29, 0.717) is 18.9 Å². The summed E-state index contributed by atoms with van der Waals surface area (Å²) in [6.07, 6.45) is 1.77. The lowest BCUT2D eigenvalue weighted by Crippen LogP contribution is -2.31. The minimum Gasteiger partial charge on any atom is -0.464 e. The zero-order valence-electron chi connectivity index (χ0n) is 15.8. The van der Waals surface area contributed by atoms with Crippen LogP contribution < -0.4 is 5.32 Å². The minimum absolute atomic E-state index is 0.137. The van der Waals surface area contributed by atoms with Crippen LogP contribution in [0.5, 0.6) is 0 Å². The second-order valence-corrected chi connectivity index (χ2v) is 6.25. The van der Waals surface area contributed by atoms with Gasteiger partial charge in [0.2, 0.25) is 11.7 Å². The molecule has 140 valence electrons. The van der Waals surface area contributed by atoms with E-state index >= 15 is 0 Å². The highest BCUT2D eigenvalue weighted by Gasteiger charge is 2.13. The number of rotatable bonds is 9. The van der Waals surface area contributed by atoms with Gasteiger partial charge in [0, 0.05) is 44.2 Å². The number of aromatic nitrogens is 2. The molecule has 0 spiro atoms. The van der Waals surface area contributed by atoms with Crippen LogP contribution in [0.25, 0.3) is 0 Å². The Morgan fingerprint density at radius 2 is 1.92 bits per heavy atom. The van der Waals surface area contributed by atoms with Crippen LogP contribution in [-0.4, -0.2) is 45.4 Å². The van der Waals surface area contributed by atoms with Crippen LogP contribution >= 0.6 is 0 Å². The van der Waals surface area contributed by atoms with Gasteiger partial charge < -0.3 is 10.1 Å². The summed E-state index contributed by atoms with van der Waals surface area (Å²) in [7, 11) is 0. The third-order valence-corrected chi connectivity index (χ3v) is 3.27. The second kappa shape index (κ2) is 9.75. The number of amides is 1. The van der Waals surface area contributed by atoms with Crippen molar-refractivity contribution < 1.29 is 14.3 Å². The van der Waals surface area contributed by atoms with Gasteiger partial charge in [-0.15, -0.1) is 5.11 Å². The van der Waals surface area contributed by atoms with Crippen molar-refractivity contribution >= 4 is 17.7 Å². The molecule has 0 unspecified atom stereocenters. The maximum Gasteiger partial charge on any atom is 0.302 e. The predicted octanol–water partition coefficient (Wildman–Crippen LogP) is 2.20. The van der Waals surface area contributed by atoms with Crippen molar-refractivity contribution in [2.45, 2.75) is 66.7 Å². The van der Waals surface area contributed by atoms with Gasteiger partial charge >= 0.3 is 5.97 Å². The third kappa shape index (κ3) is 7.32. The first kappa shape index (κ1) is 20.6. The Kier molecular flexibility index (Phi) is 8.03. The molecule has 0 radical (unpaired) electrons. The van der Waals surface area contributed by atoms with Crippen LogP contribution in [0.3, 0.4) is 0 Å². The highest BCUT2D eigenvalue weighted by molar-refractivity contribution is 5.72. The van der Waals surface area contributed by atoms with Gasteiger partial charge in [-0.2, -0.15) is 5.10 Å². The monoisotopic (exact) mass is 352 g/mol. The Morgan fingerprint density at radius 3 is 2.44 bits per heavy atom. The molecule has 1 N–H and O–H groups in total. The predicted molar refractivity (Wildman–Crippen MR) is 93.0 cm³/mol. The second-order valence-electron chi connectivity index (χ2n) is 6.25. The van der Waals surface area contributed by atoms with E-state index in [1.807, 2.05) is 32.7 Å². The van der Waals surface area contributed by atoms with E-state index in [1.54, 1.807) is 10.9 Å². The van der Waals surface area contributed by atoms with Crippen molar-refractivity contribution in [3.8, 4) is 0 Å². The van der Waals surface area contributed by atoms with Crippen LogP contribution in [0.2, 0.25) is 0 Å². The standard InChI is InChI=1S/C16H28N6O3/c1-11(2)22(12(3)4)20-18-16-15(9-17-13(5)23)10-21(19-16)7-8-25-14(6)24/h10-12H,7-9H2,1-6H3,(H,17,23). The van der Waals surface area contributed by atoms with Crippen LogP contribution in [0.15, 0.2) is 16.5 Å². The molecule has 1 rings (SSSR count). The Bertz CT molecular complexity index is 601. The average molecular weight is 352 g/mol. The van der Waals surface area contributed by atoms with Crippen LogP contribution in [0.4, 0.5) is 5.82 Å². The van der Waals surface area contributed by atoms with Gasteiger partial charge in [0.25, 0.3) is 0 Å².